The van der Waals surface area contributed by atoms with Gasteiger partial charge in [-0.05, 0) is 24.6 Å². The predicted molar refractivity (Wildman–Crippen MR) is 85.7 cm³/mol. The summed E-state index contributed by atoms with van der Waals surface area (Å²) in [6, 6.07) is 7.35. The molecule has 0 spiro atoms. The first-order valence-corrected chi connectivity index (χ1v) is 7.63. The van der Waals surface area contributed by atoms with Gasteiger partial charge in [0, 0.05) is 37.3 Å². The molecule has 22 heavy (non-hydrogen) atoms. The van der Waals surface area contributed by atoms with E-state index < -0.39 is 0 Å². The first-order valence-electron chi connectivity index (χ1n) is 7.25. The molecule has 6 heteroatoms. The van der Waals surface area contributed by atoms with E-state index in [9.17, 15) is 9.59 Å². The van der Waals surface area contributed by atoms with Crippen molar-refractivity contribution in [1.29, 1.82) is 0 Å². The number of amides is 2. The molecule has 1 aliphatic heterocycles. The van der Waals surface area contributed by atoms with E-state index in [1.54, 1.807) is 28.9 Å². The van der Waals surface area contributed by atoms with E-state index in [2.05, 4.69) is 0 Å². The van der Waals surface area contributed by atoms with Crippen LogP contribution >= 0.6 is 11.6 Å². The molecule has 0 radical (unpaired) electrons. The van der Waals surface area contributed by atoms with Crippen molar-refractivity contribution < 1.29 is 14.3 Å². The number of piperazine rings is 1. The van der Waals surface area contributed by atoms with Crippen molar-refractivity contribution in [1.82, 2.24) is 9.80 Å². The van der Waals surface area contributed by atoms with Crippen LogP contribution in [0.4, 0.5) is 4.79 Å². The fourth-order valence-corrected chi connectivity index (χ4v) is 2.40. The molecule has 0 aromatic heterocycles. The Morgan fingerprint density at radius 2 is 1.82 bits per heavy atom. The maximum Gasteiger partial charge on any atom is 0.409 e. The van der Waals surface area contributed by atoms with Crippen molar-refractivity contribution in [2.24, 2.45) is 0 Å². The minimum Gasteiger partial charge on any atom is -0.450 e. The van der Waals surface area contributed by atoms with E-state index in [1.807, 2.05) is 18.2 Å². The van der Waals surface area contributed by atoms with Gasteiger partial charge in [0.1, 0.15) is 0 Å². The number of ether oxygens (including phenoxy) is 1. The van der Waals surface area contributed by atoms with Gasteiger partial charge in [0.25, 0.3) is 0 Å². The molecular weight excluding hydrogens is 304 g/mol. The number of hydrogen-bond acceptors (Lipinski definition) is 3. The monoisotopic (exact) mass is 322 g/mol. The molecule has 0 bridgehead atoms. The van der Waals surface area contributed by atoms with Gasteiger partial charge in [-0.15, -0.1) is 0 Å². The van der Waals surface area contributed by atoms with E-state index in [4.69, 9.17) is 16.3 Å². The van der Waals surface area contributed by atoms with E-state index in [0.29, 0.717) is 37.8 Å². The summed E-state index contributed by atoms with van der Waals surface area (Å²) in [5, 5.41) is 0.610. The van der Waals surface area contributed by atoms with Gasteiger partial charge < -0.3 is 14.5 Å². The third-order valence-electron chi connectivity index (χ3n) is 3.43. The Morgan fingerprint density at radius 3 is 2.45 bits per heavy atom. The molecule has 1 aromatic carbocycles. The van der Waals surface area contributed by atoms with Gasteiger partial charge >= 0.3 is 6.09 Å². The third-order valence-corrected chi connectivity index (χ3v) is 3.77. The lowest BCUT2D eigenvalue weighted by atomic mass is 10.2. The van der Waals surface area contributed by atoms with Crippen LogP contribution in [0.3, 0.4) is 0 Å². The lowest BCUT2D eigenvalue weighted by molar-refractivity contribution is -0.127. The number of hydrogen-bond donors (Lipinski definition) is 0. The molecule has 0 unspecified atom stereocenters. The molecule has 2 amide bonds. The Hall–Kier alpha value is -2.01. The van der Waals surface area contributed by atoms with Gasteiger partial charge in [-0.1, -0.05) is 29.8 Å². The second-order valence-corrected chi connectivity index (χ2v) is 5.27. The van der Waals surface area contributed by atoms with Gasteiger partial charge in [0.15, 0.2) is 0 Å². The average Bonchev–Trinajstić information content (AvgIpc) is 2.54. The fourth-order valence-electron chi connectivity index (χ4n) is 2.20. The van der Waals surface area contributed by atoms with Crippen LogP contribution in [0.1, 0.15) is 12.5 Å². The van der Waals surface area contributed by atoms with Crippen LogP contribution in [-0.2, 0) is 9.53 Å². The number of halogens is 1. The summed E-state index contributed by atoms with van der Waals surface area (Å²) in [5.41, 5.74) is 0.808. The average molecular weight is 323 g/mol. The highest BCUT2D eigenvalue weighted by Crippen LogP contribution is 2.16. The molecule has 0 N–H and O–H groups in total. The molecule has 1 heterocycles. The van der Waals surface area contributed by atoms with Gasteiger partial charge in [-0.2, -0.15) is 0 Å². The normalized spacial score (nSPS) is 15.2. The van der Waals surface area contributed by atoms with E-state index in [-0.39, 0.29) is 12.0 Å². The van der Waals surface area contributed by atoms with Crippen LogP contribution in [-0.4, -0.2) is 54.6 Å². The highest BCUT2D eigenvalue weighted by Gasteiger charge is 2.23. The first-order chi connectivity index (χ1) is 10.6. The summed E-state index contributed by atoms with van der Waals surface area (Å²) < 4.78 is 4.95. The molecular formula is C16H19ClN2O3. The van der Waals surface area contributed by atoms with E-state index >= 15 is 0 Å². The van der Waals surface area contributed by atoms with E-state index in [1.165, 1.54) is 6.08 Å². The Bertz CT molecular complexity index is 566. The number of benzene rings is 1. The summed E-state index contributed by atoms with van der Waals surface area (Å²) in [6.45, 7) is 4.12. The molecule has 1 aromatic rings. The summed E-state index contributed by atoms with van der Waals surface area (Å²) in [6.07, 6.45) is 2.91. The largest absolute Gasteiger partial charge is 0.450 e. The van der Waals surface area contributed by atoms with Gasteiger partial charge in [-0.25, -0.2) is 4.79 Å². The SMILES string of the molecule is CCOC(=O)N1CCN(C(=O)C=Cc2ccccc2Cl)CC1. The molecule has 5 nitrogen and oxygen atoms in total. The number of carbonyl (C=O) groups excluding carboxylic acids is 2. The maximum atomic E-state index is 12.1. The van der Waals surface area contributed by atoms with Crippen molar-refractivity contribution in [2.45, 2.75) is 6.92 Å². The second kappa shape index (κ2) is 7.84. The van der Waals surface area contributed by atoms with Crippen molar-refractivity contribution in [3.8, 4) is 0 Å². The molecule has 1 fully saturated rings. The van der Waals surface area contributed by atoms with Crippen LogP contribution in [0.15, 0.2) is 30.3 Å². The first kappa shape index (κ1) is 16.4. The van der Waals surface area contributed by atoms with E-state index in [0.717, 1.165) is 5.56 Å². The van der Waals surface area contributed by atoms with Crippen LogP contribution in [0.25, 0.3) is 6.08 Å². The van der Waals surface area contributed by atoms with Crippen LogP contribution in [0, 0.1) is 0 Å². The highest BCUT2D eigenvalue weighted by atomic mass is 35.5. The standard InChI is InChI=1S/C16H19ClN2O3/c1-2-22-16(21)19-11-9-18(10-12-19)15(20)8-7-13-5-3-4-6-14(13)17/h3-8H,2,9-12H2,1H3. The van der Waals surface area contributed by atoms with Crippen molar-refractivity contribution in [3.63, 3.8) is 0 Å². The van der Waals surface area contributed by atoms with Crippen LogP contribution in [0.2, 0.25) is 5.02 Å². The molecule has 0 saturated carbocycles. The second-order valence-electron chi connectivity index (χ2n) is 4.87. The minimum atomic E-state index is -0.318. The lowest BCUT2D eigenvalue weighted by Crippen LogP contribution is -2.50. The summed E-state index contributed by atoms with van der Waals surface area (Å²) in [5.74, 6) is -0.0802. The van der Waals surface area contributed by atoms with Gasteiger partial charge in [0.05, 0.1) is 6.61 Å². The predicted octanol–water partition coefficient (Wildman–Crippen LogP) is 2.65. The number of rotatable bonds is 3. The number of carbonyl (C=O) groups is 2. The molecule has 1 aliphatic rings. The van der Waals surface area contributed by atoms with Crippen LogP contribution < -0.4 is 0 Å². The lowest BCUT2D eigenvalue weighted by Gasteiger charge is -2.33. The van der Waals surface area contributed by atoms with Crippen molar-refractivity contribution in [2.75, 3.05) is 32.8 Å². The molecule has 1 saturated heterocycles. The molecule has 0 aliphatic carbocycles. The summed E-state index contributed by atoms with van der Waals surface area (Å²) in [7, 11) is 0. The zero-order valence-corrected chi connectivity index (χ0v) is 13.3. The van der Waals surface area contributed by atoms with Crippen LogP contribution in [0.5, 0.6) is 0 Å². The quantitative estimate of drug-likeness (QED) is 0.804. The third kappa shape index (κ3) is 4.24. The number of nitrogens with zero attached hydrogens (tertiary/aromatic N) is 2. The van der Waals surface area contributed by atoms with Gasteiger partial charge in [0.2, 0.25) is 5.91 Å². The summed E-state index contributed by atoms with van der Waals surface area (Å²) in [4.78, 5) is 27.1. The highest BCUT2D eigenvalue weighted by molar-refractivity contribution is 6.32. The zero-order valence-electron chi connectivity index (χ0n) is 12.5. The zero-order chi connectivity index (χ0) is 15.9. The molecule has 118 valence electrons. The smallest absolute Gasteiger partial charge is 0.409 e. The topological polar surface area (TPSA) is 49.9 Å². The molecule has 0 atom stereocenters. The van der Waals surface area contributed by atoms with Crippen molar-refractivity contribution in [3.05, 3.63) is 40.9 Å². The Morgan fingerprint density at radius 1 is 1.18 bits per heavy atom. The maximum absolute atomic E-state index is 12.1. The fraction of sp³-hybridized carbons (Fsp3) is 0.375. The Kier molecular flexibility index (Phi) is 5.83. The molecule has 2 rings (SSSR count). The van der Waals surface area contributed by atoms with Crippen molar-refractivity contribution >= 4 is 29.7 Å². The minimum absolute atomic E-state index is 0.0802. The van der Waals surface area contributed by atoms with Gasteiger partial charge in [-0.3, -0.25) is 4.79 Å². The Labute approximate surface area is 135 Å². The summed E-state index contributed by atoms with van der Waals surface area (Å²) >= 11 is 6.04. The Balaban J connectivity index is 1.88.